The zero-order valence-electron chi connectivity index (χ0n) is 12.2. The number of thioether (sulfide) groups is 1. The Morgan fingerprint density at radius 2 is 1.89 bits per heavy atom. The molecule has 0 saturated heterocycles. The summed E-state index contributed by atoms with van der Waals surface area (Å²) in [7, 11) is 0. The molecule has 0 saturated carbocycles. The molecule has 0 aromatic heterocycles. The molecule has 2 N–H and O–H groups in total. The second-order valence-electron chi connectivity index (χ2n) is 5.05. The molecule has 1 rings (SSSR count). The van der Waals surface area contributed by atoms with Crippen molar-refractivity contribution in [2.45, 2.75) is 26.8 Å². The molecule has 1 aromatic rings. The monoisotopic (exact) mass is 280 g/mol. The van der Waals surface area contributed by atoms with Crippen LogP contribution in [0.3, 0.4) is 0 Å². The van der Waals surface area contributed by atoms with Crippen LogP contribution < -0.4 is 10.6 Å². The first kappa shape index (κ1) is 16.1. The van der Waals surface area contributed by atoms with E-state index in [1.165, 1.54) is 5.56 Å². The predicted octanol–water partition coefficient (Wildman–Crippen LogP) is 2.91. The van der Waals surface area contributed by atoms with Gasteiger partial charge in [-0.1, -0.05) is 24.6 Å². The molecule has 4 heteroatoms. The quantitative estimate of drug-likeness (QED) is 0.807. The van der Waals surface area contributed by atoms with Gasteiger partial charge in [-0.3, -0.25) is 4.79 Å². The first-order valence-corrected chi connectivity index (χ1v) is 8.02. The maximum absolute atomic E-state index is 12.0. The van der Waals surface area contributed by atoms with E-state index in [2.05, 4.69) is 23.8 Å². The second-order valence-corrected chi connectivity index (χ2v) is 5.96. The van der Waals surface area contributed by atoms with Gasteiger partial charge in [-0.15, -0.1) is 0 Å². The molecule has 1 amide bonds. The number of amides is 1. The van der Waals surface area contributed by atoms with Crippen molar-refractivity contribution in [3.8, 4) is 0 Å². The Hall–Kier alpha value is -1.00. The predicted molar refractivity (Wildman–Crippen MR) is 84.8 cm³/mol. The van der Waals surface area contributed by atoms with E-state index in [1.807, 2.05) is 49.9 Å². The van der Waals surface area contributed by atoms with Crippen LogP contribution in [0.25, 0.3) is 0 Å². The lowest BCUT2D eigenvalue weighted by atomic mass is 10.2. The third-order valence-corrected chi connectivity index (χ3v) is 3.84. The Kier molecular flexibility index (Phi) is 6.95. The van der Waals surface area contributed by atoms with E-state index >= 15 is 0 Å². The van der Waals surface area contributed by atoms with Crippen molar-refractivity contribution in [1.29, 1.82) is 0 Å². The van der Waals surface area contributed by atoms with Crippen molar-refractivity contribution >= 4 is 23.4 Å². The minimum Gasteiger partial charge on any atom is -0.325 e. The molecular formula is C15H24N2OS. The number of hydrogen-bond donors (Lipinski definition) is 2. The highest BCUT2D eigenvalue weighted by Gasteiger charge is 2.13. The standard InChI is InChI=1S/C15H24N2OS/c1-11-5-7-14(8-6-11)17-15(18)13(3)16-9-12(2)10-19-4/h5-8,12-13,16H,9-10H2,1-4H3,(H,17,18). The van der Waals surface area contributed by atoms with Gasteiger partial charge in [0.25, 0.3) is 0 Å². The lowest BCUT2D eigenvalue weighted by Crippen LogP contribution is -2.40. The fraction of sp³-hybridized carbons (Fsp3) is 0.533. The minimum absolute atomic E-state index is 0.0141. The molecule has 0 aliphatic heterocycles. The summed E-state index contributed by atoms with van der Waals surface area (Å²) in [5.74, 6) is 1.70. The molecular weight excluding hydrogens is 256 g/mol. The molecule has 1 aromatic carbocycles. The Balaban J connectivity index is 2.38. The van der Waals surface area contributed by atoms with E-state index in [1.54, 1.807) is 0 Å². The van der Waals surface area contributed by atoms with Gasteiger partial charge < -0.3 is 10.6 Å². The van der Waals surface area contributed by atoms with E-state index < -0.39 is 0 Å². The number of hydrogen-bond acceptors (Lipinski definition) is 3. The van der Waals surface area contributed by atoms with Gasteiger partial charge in [0, 0.05) is 5.69 Å². The van der Waals surface area contributed by atoms with Crippen molar-refractivity contribution in [2.24, 2.45) is 5.92 Å². The summed E-state index contributed by atoms with van der Waals surface area (Å²) in [6, 6.07) is 7.67. The summed E-state index contributed by atoms with van der Waals surface area (Å²) in [5.41, 5.74) is 2.04. The van der Waals surface area contributed by atoms with Gasteiger partial charge in [-0.2, -0.15) is 11.8 Å². The van der Waals surface area contributed by atoms with E-state index in [9.17, 15) is 4.79 Å². The van der Waals surface area contributed by atoms with E-state index in [4.69, 9.17) is 0 Å². The highest BCUT2D eigenvalue weighted by Crippen LogP contribution is 2.09. The van der Waals surface area contributed by atoms with Gasteiger partial charge in [0.05, 0.1) is 6.04 Å². The summed E-state index contributed by atoms with van der Waals surface area (Å²) in [6.07, 6.45) is 2.10. The van der Waals surface area contributed by atoms with E-state index in [0.717, 1.165) is 18.0 Å². The zero-order chi connectivity index (χ0) is 14.3. The van der Waals surface area contributed by atoms with Gasteiger partial charge in [0.1, 0.15) is 0 Å². The molecule has 3 nitrogen and oxygen atoms in total. The Morgan fingerprint density at radius 1 is 1.26 bits per heavy atom. The molecule has 19 heavy (non-hydrogen) atoms. The Morgan fingerprint density at radius 3 is 2.47 bits per heavy atom. The zero-order valence-corrected chi connectivity index (χ0v) is 13.0. The molecule has 0 fully saturated rings. The molecule has 0 aliphatic rings. The lowest BCUT2D eigenvalue weighted by Gasteiger charge is -2.17. The molecule has 0 bridgehead atoms. The van der Waals surface area contributed by atoms with E-state index in [-0.39, 0.29) is 11.9 Å². The smallest absolute Gasteiger partial charge is 0.241 e. The first-order valence-electron chi connectivity index (χ1n) is 6.62. The maximum atomic E-state index is 12.0. The average Bonchev–Trinajstić information content (AvgIpc) is 2.39. The normalized spacial score (nSPS) is 13.9. The van der Waals surface area contributed by atoms with Crippen LogP contribution in [0.1, 0.15) is 19.4 Å². The van der Waals surface area contributed by atoms with Crippen LogP contribution in [0.2, 0.25) is 0 Å². The van der Waals surface area contributed by atoms with Gasteiger partial charge in [0.15, 0.2) is 0 Å². The number of carbonyl (C=O) groups excluding carboxylic acids is 1. The van der Waals surface area contributed by atoms with Crippen molar-refractivity contribution in [3.05, 3.63) is 29.8 Å². The number of rotatable bonds is 7. The van der Waals surface area contributed by atoms with Crippen molar-refractivity contribution in [1.82, 2.24) is 5.32 Å². The van der Waals surface area contributed by atoms with Crippen LogP contribution in [-0.4, -0.2) is 30.5 Å². The van der Waals surface area contributed by atoms with Crippen LogP contribution in [-0.2, 0) is 4.79 Å². The second kappa shape index (κ2) is 8.23. The van der Waals surface area contributed by atoms with Crippen molar-refractivity contribution in [2.75, 3.05) is 23.9 Å². The van der Waals surface area contributed by atoms with Crippen LogP contribution in [0.4, 0.5) is 5.69 Å². The summed E-state index contributed by atoms with van der Waals surface area (Å²) < 4.78 is 0. The third-order valence-electron chi connectivity index (χ3n) is 2.94. The molecule has 0 spiro atoms. The lowest BCUT2D eigenvalue weighted by molar-refractivity contribution is -0.117. The van der Waals surface area contributed by atoms with Crippen molar-refractivity contribution < 1.29 is 4.79 Å². The Bertz CT molecular complexity index is 392. The Labute approximate surface area is 120 Å². The summed E-state index contributed by atoms with van der Waals surface area (Å²) >= 11 is 1.83. The van der Waals surface area contributed by atoms with E-state index in [0.29, 0.717) is 5.92 Å². The minimum atomic E-state index is -0.175. The van der Waals surface area contributed by atoms with Gasteiger partial charge in [-0.05, 0) is 50.5 Å². The average molecular weight is 280 g/mol. The number of benzene rings is 1. The molecule has 0 radical (unpaired) electrons. The van der Waals surface area contributed by atoms with Crippen LogP contribution in [0.5, 0.6) is 0 Å². The largest absolute Gasteiger partial charge is 0.325 e. The fourth-order valence-corrected chi connectivity index (χ4v) is 2.39. The topological polar surface area (TPSA) is 41.1 Å². The number of nitrogens with one attached hydrogen (secondary N) is 2. The highest BCUT2D eigenvalue weighted by molar-refractivity contribution is 7.98. The molecule has 2 atom stereocenters. The van der Waals surface area contributed by atoms with Crippen LogP contribution >= 0.6 is 11.8 Å². The molecule has 106 valence electrons. The van der Waals surface area contributed by atoms with Crippen LogP contribution in [0.15, 0.2) is 24.3 Å². The van der Waals surface area contributed by atoms with Crippen LogP contribution in [0, 0.1) is 12.8 Å². The highest BCUT2D eigenvalue weighted by atomic mass is 32.2. The number of anilines is 1. The first-order chi connectivity index (χ1) is 9.02. The summed E-state index contributed by atoms with van der Waals surface area (Å²) in [4.78, 5) is 12.0. The molecule has 0 aliphatic carbocycles. The molecule has 0 heterocycles. The molecule has 2 unspecified atom stereocenters. The third kappa shape index (κ3) is 6.12. The summed E-state index contributed by atoms with van der Waals surface area (Å²) in [6.45, 7) is 6.98. The SMILES string of the molecule is CSCC(C)CNC(C)C(=O)Nc1ccc(C)cc1. The van der Waals surface area contributed by atoms with Crippen molar-refractivity contribution in [3.63, 3.8) is 0 Å². The number of aryl methyl sites for hydroxylation is 1. The summed E-state index contributed by atoms with van der Waals surface area (Å²) in [5, 5.41) is 6.19. The number of carbonyl (C=O) groups is 1. The van der Waals surface area contributed by atoms with Gasteiger partial charge >= 0.3 is 0 Å². The van der Waals surface area contributed by atoms with Gasteiger partial charge in [-0.25, -0.2) is 0 Å². The van der Waals surface area contributed by atoms with Gasteiger partial charge in [0.2, 0.25) is 5.91 Å². The maximum Gasteiger partial charge on any atom is 0.241 e. The fourth-order valence-electron chi connectivity index (χ4n) is 1.70.